The van der Waals surface area contributed by atoms with Gasteiger partial charge in [-0.15, -0.1) is 0 Å². The number of carbonyl (C=O) groups is 1. The number of carbonyl (C=O) groups excluding carboxylic acids is 1. The molecular formula is C16H22N4O2S. The molecule has 0 bridgehead atoms. The van der Waals surface area contributed by atoms with Gasteiger partial charge in [-0.3, -0.25) is 14.6 Å². The summed E-state index contributed by atoms with van der Waals surface area (Å²) in [6.45, 7) is 7.70. The van der Waals surface area contributed by atoms with Crippen molar-refractivity contribution in [3.63, 3.8) is 0 Å². The highest BCUT2D eigenvalue weighted by atomic mass is 32.2. The van der Waals surface area contributed by atoms with Crippen LogP contribution in [0, 0.1) is 6.92 Å². The highest BCUT2D eigenvalue weighted by molar-refractivity contribution is 7.85. The molecule has 0 aliphatic carbocycles. The van der Waals surface area contributed by atoms with Gasteiger partial charge in [0.15, 0.2) is 5.82 Å². The molecule has 2 aromatic rings. The topological polar surface area (TPSA) is 86.9 Å². The fourth-order valence-corrected chi connectivity index (χ4v) is 2.78. The Morgan fingerprint density at radius 1 is 1.26 bits per heavy atom. The van der Waals surface area contributed by atoms with Crippen molar-refractivity contribution in [3.05, 3.63) is 41.6 Å². The molecule has 23 heavy (non-hydrogen) atoms. The van der Waals surface area contributed by atoms with Gasteiger partial charge in [-0.05, 0) is 45.4 Å². The second kappa shape index (κ2) is 6.95. The van der Waals surface area contributed by atoms with Crippen LogP contribution in [0.25, 0.3) is 0 Å². The number of aryl methyl sites for hydroxylation is 1. The van der Waals surface area contributed by atoms with E-state index in [9.17, 15) is 9.00 Å². The Kier molecular flexibility index (Phi) is 5.20. The average molecular weight is 334 g/mol. The molecule has 0 aliphatic rings. The fourth-order valence-electron chi connectivity index (χ4n) is 1.87. The summed E-state index contributed by atoms with van der Waals surface area (Å²) in [5.74, 6) is 0.920. The second-order valence-electron chi connectivity index (χ2n) is 6.32. The Hall–Kier alpha value is -2.15. The van der Waals surface area contributed by atoms with E-state index in [1.165, 1.54) is 0 Å². The minimum atomic E-state index is -0.980. The Labute approximate surface area is 138 Å². The number of amides is 2. The van der Waals surface area contributed by atoms with Crippen molar-refractivity contribution in [1.29, 1.82) is 0 Å². The minimum absolute atomic E-state index is 0.265. The van der Waals surface area contributed by atoms with Gasteiger partial charge in [0.25, 0.3) is 0 Å². The number of rotatable bonds is 4. The van der Waals surface area contributed by atoms with E-state index in [0.29, 0.717) is 17.3 Å². The third-order valence-electron chi connectivity index (χ3n) is 3.11. The van der Waals surface area contributed by atoms with Crippen LogP contribution in [0.15, 0.2) is 30.3 Å². The zero-order chi connectivity index (χ0) is 17.0. The van der Waals surface area contributed by atoms with Crippen molar-refractivity contribution in [2.75, 3.05) is 10.6 Å². The van der Waals surface area contributed by atoms with E-state index in [1.807, 2.05) is 45.9 Å². The van der Waals surface area contributed by atoms with Crippen LogP contribution >= 0.6 is 0 Å². The molecule has 1 unspecified atom stereocenters. The van der Waals surface area contributed by atoms with Gasteiger partial charge >= 0.3 is 6.03 Å². The van der Waals surface area contributed by atoms with Gasteiger partial charge in [0, 0.05) is 38.7 Å². The van der Waals surface area contributed by atoms with E-state index in [2.05, 4.69) is 20.8 Å². The normalized spacial score (nSPS) is 12.7. The first-order valence-corrected chi connectivity index (χ1v) is 8.63. The van der Waals surface area contributed by atoms with Crippen LogP contribution in [-0.4, -0.2) is 25.2 Å². The molecule has 2 amide bonds. The summed E-state index contributed by atoms with van der Waals surface area (Å²) in [5, 5.41) is 12.1. The molecule has 0 saturated carbocycles. The third kappa shape index (κ3) is 5.21. The van der Waals surface area contributed by atoms with Gasteiger partial charge < -0.3 is 5.32 Å². The van der Waals surface area contributed by atoms with Gasteiger partial charge in [0.05, 0.1) is 0 Å². The Morgan fingerprint density at radius 3 is 2.61 bits per heavy atom. The summed E-state index contributed by atoms with van der Waals surface area (Å²) in [4.78, 5) is 11.9. The molecule has 6 nitrogen and oxygen atoms in total. The van der Waals surface area contributed by atoms with Gasteiger partial charge in [-0.1, -0.05) is 12.1 Å². The largest absolute Gasteiger partial charge is 0.324 e. The Bertz CT molecular complexity index is 719. The number of hydrogen-bond acceptors (Lipinski definition) is 3. The lowest BCUT2D eigenvalue weighted by Gasteiger charge is -2.18. The smallest absolute Gasteiger partial charge is 0.308 e. The molecule has 2 rings (SSSR count). The van der Waals surface area contributed by atoms with Crippen LogP contribution in [0.4, 0.5) is 16.3 Å². The summed E-state index contributed by atoms with van der Waals surface area (Å²) in [6.07, 6.45) is 0. The monoisotopic (exact) mass is 334 g/mol. The first kappa shape index (κ1) is 17.2. The molecule has 0 spiro atoms. The summed E-state index contributed by atoms with van der Waals surface area (Å²) >= 11 is 0. The number of H-pyrrole nitrogens is 1. The maximum Gasteiger partial charge on any atom is 0.324 e. The van der Waals surface area contributed by atoms with Gasteiger partial charge in [0.1, 0.15) is 0 Å². The molecule has 0 fully saturated rings. The fraction of sp³-hybridized carbons (Fsp3) is 0.375. The van der Waals surface area contributed by atoms with E-state index in [0.717, 1.165) is 11.3 Å². The van der Waals surface area contributed by atoms with Crippen LogP contribution in [-0.2, 0) is 16.6 Å². The van der Waals surface area contributed by atoms with Crippen molar-refractivity contribution in [3.8, 4) is 0 Å². The van der Waals surface area contributed by atoms with Crippen LogP contribution in [0.1, 0.15) is 32.0 Å². The summed E-state index contributed by atoms with van der Waals surface area (Å²) in [5.41, 5.74) is 2.44. The van der Waals surface area contributed by atoms with Crippen LogP contribution < -0.4 is 10.6 Å². The predicted molar refractivity (Wildman–Crippen MR) is 94.0 cm³/mol. The number of benzene rings is 1. The molecular weight excluding hydrogens is 312 g/mol. The maximum atomic E-state index is 12.2. The number of urea groups is 1. The Morgan fingerprint density at radius 2 is 2.00 bits per heavy atom. The maximum absolute atomic E-state index is 12.2. The number of aromatic amines is 1. The lowest BCUT2D eigenvalue weighted by molar-refractivity contribution is 0.262. The van der Waals surface area contributed by atoms with E-state index in [4.69, 9.17) is 0 Å². The van der Waals surface area contributed by atoms with Crippen molar-refractivity contribution >= 4 is 28.3 Å². The van der Waals surface area contributed by atoms with E-state index < -0.39 is 10.8 Å². The van der Waals surface area contributed by atoms with Crippen LogP contribution in [0.5, 0.6) is 0 Å². The van der Waals surface area contributed by atoms with Crippen molar-refractivity contribution in [2.24, 2.45) is 0 Å². The average Bonchev–Trinajstić information content (AvgIpc) is 2.83. The van der Waals surface area contributed by atoms with Crippen LogP contribution in [0.2, 0.25) is 0 Å². The van der Waals surface area contributed by atoms with Gasteiger partial charge in [-0.25, -0.2) is 4.79 Å². The summed E-state index contributed by atoms with van der Waals surface area (Å²) < 4.78 is 11.9. The molecule has 1 aromatic heterocycles. The molecule has 1 aromatic carbocycles. The van der Waals surface area contributed by atoms with Crippen molar-refractivity contribution < 1.29 is 9.00 Å². The summed E-state index contributed by atoms with van der Waals surface area (Å²) in [7, 11) is -0.980. The number of aromatic nitrogens is 2. The Balaban J connectivity index is 1.99. The minimum Gasteiger partial charge on any atom is -0.308 e. The lowest BCUT2D eigenvalue weighted by Crippen LogP contribution is -2.23. The van der Waals surface area contributed by atoms with E-state index >= 15 is 0 Å². The van der Waals surface area contributed by atoms with E-state index in [-0.39, 0.29) is 10.8 Å². The van der Waals surface area contributed by atoms with E-state index in [1.54, 1.807) is 12.1 Å². The van der Waals surface area contributed by atoms with Crippen molar-refractivity contribution in [1.82, 2.24) is 10.2 Å². The standard InChI is InChI=1S/C16H22N4O2S/c1-11-8-14(20-19-11)18-15(21)17-13-7-5-6-12(9-13)10-23(22)16(2,3)4/h5-9H,10H2,1-4H3,(H3,17,18,19,20,21). The first-order valence-electron chi connectivity index (χ1n) is 7.31. The molecule has 124 valence electrons. The quantitative estimate of drug-likeness (QED) is 0.801. The molecule has 1 heterocycles. The molecule has 0 saturated heterocycles. The SMILES string of the molecule is Cc1cc(NC(=O)Nc2cccc(CS(=O)C(C)(C)C)c2)n[nH]1. The molecule has 3 N–H and O–H groups in total. The number of hydrogen-bond donors (Lipinski definition) is 3. The lowest BCUT2D eigenvalue weighted by atomic mass is 10.2. The van der Waals surface area contributed by atoms with Crippen LogP contribution in [0.3, 0.4) is 0 Å². The van der Waals surface area contributed by atoms with Gasteiger partial charge in [-0.2, -0.15) is 5.10 Å². The molecule has 0 radical (unpaired) electrons. The van der Waals surface area contributed by atoms with Gasteiger partial charge in [0.2, 0.25) is 0 Å². The molecule has 1 atom stereocenters. The zero-order valence-corrected chi connectivity index (χ0v) is 14.6. The zero-order valence-electron chi connectivity index (χ0n) is 13.8. The third-order valence-corrected chi connectivity index (χ3v) is 5.07. The van der Waals surface area contributed by atoms with Crippen molar-refractivity contribution in [2.45, 2.75) is 38.2 Å². The number of nitrogens with one attached hydrogen (secondary N) is 3. The molecule has 0 aliphatic heterocycles. The predicted octanol–water partition coefficient (Wildman–Crippen LogP) is 3.41. The number of anilines is 2. The first-order chi connectivity index (χ1) is 10.7. The highest BCUT2D eigenvalue weighted by Gasteiger charge is 2.19. The second-order valence-corrected chi connectivity index (χ2v) is 8.52. The highest BCUT2D eigenvalue weighted by Crippen LogP contribution is 2.19. The number of nitrogens with zero attached hydrogens (tertiary/aromatic N) is 1. The molecule has 7 heteroatoms. The summed E-state index contributed by atoms with van der Waals surface area (Å²) in [6, 6.07) is 8.74.